The lowest BCUT2D eigenvalue weighted by Crippen LogP contribution is -1.76. The van der Waals surface area contributed by atoms with Crippen LogP contribution in [0.5, 0.6) is 0 Å². The normalized spacial score (nSPS) is 11.6. The summed E-state index contributed by atoms with van der Waals surface area (Å²) >= 11 is 0. The third-order valence-electron chi connectivity index (χ3n) is 1.79. The number of imidazole rings is 1. The van der Waals surface area contributed by atoms with E-state index in [0.717, 1.165) is 11.6 Å². The van der Waals surface area contributed by atoms with Gasteiger partial charge in [-0.15, -0.1) is 32.9 Å². The Hall–Kier alpha value is -1.57. The summed E-state index contributed by atoms with van der Waals surface area (Å²) < 4.78 is 1.93. The van der Waals surface area contributed by atoms with Gasteiger partial charge in [-0.25, -0.2) is 4.98 Å². The largest absolute Gasteiger partial charge is 0.340 e. The minimum Gasteiger partial charge on any atom is -0.340 e. The smallest absolute Gasteiger partial charge is 0.0946 e. The van der Waals surface area contributed by atoms with E-state index in [9.17, 15) is 0 Å². The molecule has 0 atom stereocenters. The summed E-state index contributed by atoms with van der Waals surface area (Å²) in [6.07, 6.45) is 8.57. The van der Waals surface area contributed by atoms with Crippen LogP contribution in [0.1, 0.15) is 18.5 Å². The fourth-order valence-electron chi connectivity index (χ4n) is 0.875. The van der Waals surface area contributed by atoms with Crippen LogP contribution in [0.4, 0.5) is 0 Å². The molecule has 0 unspecified atom stereocenters. The van der Waals surface area contributed by atoms with Crippen molar-refractivity contribution in [1.29, 1.82) is 0 Å². The van der Waals surface area contributed by atoms with Gasteiger partial charge in [-0.1, -0.05) is 6.08 Å². The molecule has 1 heterocycles. The molecule has 90 valence electrons. The van der Waals surface area contributed by atoms with E-state index in [4.69, 9.17) is 0 Å². The van der Waals surface area contributed by atoms with Gasteiger partial charge in [-0.05, 0) is 25.7 Å². The van der Waals surface area contributed by atoms with Crippen LogP contribution in [-0.2, 0) is 7.05 Å². The molecule has 16 heavy (non-hydrogen) atoms. The highest BCUT2D eigenvalue weighted by Crippen LogP contribution is 2.28. The molecule has 2 heteroatoms. The van der Waals surface area contributed by atoms with Gasteiger partial charge in [0.25, 0.3) is 0 Å². The second kappa shape index (κ2) is 11.5. The number of hydrogen-bond acceptors (Lipinski definition) is 1. The fraction of sp³-hybridized carbons (Fsp3) is 0.357. The number of rotatable bonds is 1. The van der Waals surface area contributed by atoms with Crippen LogP contribution in [0.15, 0.2) is 51.5 Å². The number of allylic oxidation sites excluding steroid dienone is 1. The van der Waals surface area contributed by atoms with Gasteiger partial charge in [-0.2, -0.15) is 0 Å². The maximum Gasteiger partial charge on any atom is 0.0946 e. The highest BCUT2D eigenvalue weighted by Gasteiger charge is 2.15. The molecule has 1 fully saturated rings. The van der Waals surface area contributed by atoms with Gasteiger partial charge in [0.2, 0.25) is 0 Å². The van der Waals surface area contributed by atoms with E-state index < -0.39 is 0 Å². The second-order valence-electron chi connectivity index (χ2n) is 3.25. The molecule has 1 aliphatic rings. The SMILES string of the molecule is C=C.C=C.C=CC1CC1.Cc1cn(C)cn1. The van der Waals surface area contributed by atoms with Gasteiger partial charge in [0.15, 0.2) is 0 Å². The lowest BCUT2D eigenvalue weighted by Gasteiger charge is -1.78. The van der Waals surface area contributed by atoms with Gasteiger partial charge in [0.1, 0.15) is 0 Å². The first-order valence-corrected chi connectivity index (χ1v) is 5.29. The van der Waals surface area contributed by atoms with E-state index in [0.29, 0.717) is 0 Å². The zero-order valence-electron chi connectivity index (χ0n) is 10.7. The maximum absolute atomic E-state index is 3.98. The molecule has 0 saturated heterocycles. The predicted molar refractivity (Wildman–Crippen MR) is 73.4 cm³/mol. The van der Waals surface area contributed by atoms with Gasteiger partial charge >= 0.3 is 0 Å². The predicted octanol–water partition coefficient (Wildman–Crippen LogP) is 3.92. The molecule has 0 aromatic carbocycles. The van der Waals surface area contributed by atoms with E-state index in [-0.39, 0.29) is 0 Å². The molecule has 0 spiro atoms. The highest BCUT2D eigenvalue weighted by atomic mass is 15.0. The molecule has 0 N–H and O–H groups in total. The molecule has 2 rings (SSSR count). The Morgan fingerprint density at radius 2 is 1.81 bits per heavy atom. The van der Waals surface area contributed by atoms with Gasteiger partial charge in [0, 0.05) is 13.2 Å². The molecule has 0 bridgehead atoms. The fourth-order valence-corrected chi connectivity index (χ4v) is 0.875. The highest BCUT2D eigenvalue weighted by molar-refractivity contribution is 4.90. The van der Waals surface area contributed by atoms with Crippen molar-refractivity contribution in [2.75, 3.05) is 0 Å². The van der Waals surface area contributed by atoms with Crippen molar-refractivity contribution in [3.05, 3.63) is 57.2 Å². The Labute approximate surface area is 100 Å². The number of hydrogen-bond donors (Lipinski definition) is 0. The minimum atomic E-state index is 0.898. The summed E-state index contributed by atoms with van der Waals surface area (Å²) in [4.78, 5) is 3.98. The van der Waals surface area contributed by atoms with Crippen molar-refractivity contribution >= 4 is 0 Å². The summed E-state index contributed by atoms with van der Waals surface area (Å²) in [5.74, 6) is 0.898. The minimum absolute atomic E-state index is 0.898. The van der Waals surface area contributed by atoms with Crippen LogP contribution >= 0.6 is 0 Å². The van der Waals surface area contributed by atoms with Gasteiger partial charge in [-0.3, -0.25) is 0 Å². The Kier molecular flexibility index (Phi) is 12.1. The van der Waals surface area contributed by atoms with Crippen LogP contribution in [0.2, 0.25) is 0 Å². The molecule has 2 nitrogen and oxygen atoms in total. The molecule has 1 aliphatic carbocycles. The first kappa shape index (κ1) is 16.8. The molecule has 1 saturated carbocycles. The zero-order chi connectivity index (χ0) is 13.0. The van der Waals surface area contributed by atoms with Crippen LogP contribution in [0.25, 0.3) is 0 Å². The van der Waals surface area contributed by atoms with Crippen molar-refractivity contribution in [3.8, 4) is 0 Å². The molecule has 0 radical (unpaired) electrons. The quantitative estimate of drug-likeness (QED) is 0.656. The third-order valence-corrected chi connectivity index (χ3v) is 1.79. The second-order valence-corrected chi connectivity index (χ2v) is 3.25. The summed E-state index contributed by atoms with van der Waals surface area (Å²) in [6.45, 7) is 17.6. The molecule has 0 aliphatic heterocycles. The monoisotopic (exact) mass is 220 g/mol. The maximum atomic E-state index is 3.98. The molecule has 1 aromatic rings. The zero-order valence-corrected chi connectivity index (χ0v) is 10.7. The van der Waals surface area contributed by atoms with Crippen LogP contribution in [0.3, 0.4) is 0 Å². The number of aryl methyl sites for hydroxylation is 2. The summed E-state index contributed by atoms with van der Waals surface area (Å²) in [5, 5.41) is 0. The van der Waals surface area contributed by atoms with E-state index in [1.54, 1.807) is 6.33 Å². The van der Waals surface area contributed by atoms with Crippen LogP contribution in [-0.4, -0.2) is 9.55 Å². The number of nitrogens with zero attached hydrogens (tertiary/aromatic N) is 2. The molecular weight excluding hydrogens is 196 g/mol. The van der Waals surface area contributed by atoms with Gasteiger partial charge < -0.3 is 4.57 Å². The Morgan fingerprint density at radius 3 is 1.88 bits per heavy atom. The van der Waals surface area contributed by atoms with Crippen molar-refractivity contribution in [1.82, 2.24) is 9.55 Å². The van der Waals surface area contributed by atoms with Gasteiger partial charge in [0.05, 0.1) is 12.0 Å². The lowest BCUT2D eigenvalue weighted by molar-refractivity contribution is 0.913. The average molecular weight is 220 g/mol. The standard InChI is InChI=1S/C5H8N2.C5H8.2C2H4/c1-5-3-7(2)4-6-5;1-2-5-3-4-5;2*1-2/h3-4H,1-2H3;2,5H,1,3-4H2;2*1-2H2. The topological polar surface area (TPSA) is 17.8 Å². The average Bonchev–Trinajstić information content (AvgIpc) is 3.10. The molecular formula is C14H24N2. The summed E-state index contributed by atoms with van der Waals surface area (Å²) in [6, 6.07) is 0. The number of aromatic nitrogens is 2. The summed E-state index contributed by atoms with van der Waals surface area (Å²) in [5.41, 5.74) is 1.07. The Bertz CT molecular complexity index is 254. The van der Waals surface area contributed by atoms with Crippen molar-refractivity contribution < 1.29 is 0 Å². The summed E-state index contributed by atoms with van der Waals surface area (Å²) in [7, 11) is 1.96. The van der Waals surface area contributed by atoms with Crippen LogP contribution < -0.4 is 0 Å². The Morgan fingerprint density at radius 1 is 1.31 bits per heavy atom. The van der Waals surface area contributed by atoms with Crippen LogP contribution in [0, 0.1) is 12.8 Å². The first-order chi connectivity index (χ1) is 7.72. The van der Waals surface area contributed by atoms with E-state index >= 15 is 0 Å². The lowest BCUT2D eigenvalue weighted by atomic mass is 10.4. The van der Waals surface area contributed by atoms with E-state index in [1.165, 1.54) is 12.8 Å². The van der Waals surface area contributed by atoms with E-state index in [1.807, 2.05) is 30.8 Å². The first-order valence-electron chi connectivity index (χ1n) is 5.29. The molecule has 1 aromatic heterocycles. The van der Waals surface area contributed by atoms with Crippen molar-refractivity contribution in [3.63, 3.8) is 0 Å². The van der Waals surface area contributed by atoms with E-state index in [2.05, 4.69) is 37.9 Å². The molecule has 0 amide bonds. The Balaban J connectivity index is 0. The van der Waals surface area contributed by atoms with Crippen molar-refractivity contribution in [2.24, 2.45) is 13.0 Å². The van der Waals surface area contributed by atoms with Crippen molar-refractivity contribution in [2.45, 2.75) is 19.8 Å². The third kappa shape index (κ3) is 10.5.